The third kappa shape index (κ3) is 5.19. The minimum atomic E-state index is -1.77. The Balaban J connectivity index is 1.83. The second kappa shape index (κ2) is 10.8. The third-order valence-corrected chi connectivity index (χ3v) is 6.73. The van der Waals surface area contributed by atoms with E-state index >= 15 is 4.39 Å². The number of nitrogens with zero attached hydrogens (tertiary/aromatic N) is 5. The van der Waals surface area contributed by atoms with Crippen LogP contribution in [0.4, 0.5) is 13.6 Å². The van der Waals surface area contributed by atoms with E-state index in [0.29, 0.717) is 22.3 Å². The van der Waals surface area contributed by atoms with E-state index in [1.54, 1.807) is 36.6 Å². The van der Waals surface area contributed by atoms with Gasteiger partial charge in [0.1, 0.15) is 29.3 Å². The summed E-state index contributed by atoms with van der Waals surface area (Å²) in [5.41, 5.74) is 0.0138. The van der Waals surface area contributed by atoms with Gasteiger partial charge in [-0.15, -0.1) is 11.3 Å². The Hall–Kier alpha value is -3.88. The summed E-state index contributed by atoms with van der Waals surface area (Å²) in [5, 5.41) is 15.4. The molecule has 0 bridgehead atoms. The van der Waals surface area contributed by atoms with Crippen LogP contribution in [0, 0.1) is 23.0 Å². The first-order chi connectivity index (χ1) is 17.4. The molecule has 2 aromatic heterocycles. The quantitative estimate of drug-likeness (QED) is 0.216. The lowest BCUT2D eigenvalue weighted by molar-refractivity contribution is -0.0620. The lowest BCUT2D eigenvalue weighted by Crippen LogP contribution is -2.43. The van der Waals surface area contributed by atoms with Crippen molar-refractivity contribution < 1.29 is 23.0 Å². The zero-order valence-corrected chi connectivity index (χ0v) is 20.3. The van der Waals surface area contributed by atoms with Gasteiger partial charge in [0.25, 0.3) is 0 Å². The number of carbonyl (C=O) groups is 1. The van der Waals surface area contributed by atoms with Gasteiger partial charge in [0.15, 0.2) is 11.7 Å². The van der Waals surface area contributed by atoms with Gasteiger partial charge < -0.3 is 9.47 Å². The summed E-state index contributed by atoms with van der Waals surface area (Å²) in [6.07, 6.45) is 1.51. The lowest BCUT2D eigenvalue weighted by Gasteiger charge is -2.37. The number of nitriles is 1. The van der Waals surface area contributed by atoms with Gasteiger partial charge in [0.2, 0.25) is 0 Å². The van der Waals surface area contributed by atoms with Gasteiger partial charge in [-0.25, -0.2) is 28.2 Å². The van der Waals surface area contributed by atoms with Gasteiger partial charge >= 0.3 is 6.16 Å². The largest absolute Gasteiger partial charge is 0.510 e. The first-order valence-corrected chi connectivity index (χ1v) is 11.9. The number of hydrogen-bond acceptors (Lipinski definition) is 8. The van der Waals surface area contributed by atoms with E-state index in [-0.39, 0.29) is 12.1 Å². The van der Waals surface area contributed by atoms with Crippen molar-refractivity contribution in [3.8, 4) is 17.3 Å². The second-order valence-electron chi connectivity index (χ2n) is 7.69. The number of alkyl halides is 1. The van der Waals surface area contributed by atoms with Crippen molar-refractivity contribution in [3.05, 3.63) is 88.3 Å². The van der Waals surface area contributed by atoms with Crippen molar-refractivity contribution in [3.63, 3.8) is 0 Å². The van der Waals surface area contributed by atoms with Crippen LogP contribution in [0.5, 0.6) is 0 Å². The van der Waals surface area contributed by atoms with Gasteiger partial charge in [-0.2, -0.15) is 10.4 Å². The smallest absolute Gasteiger partial charge is 0.420 e. The molecule has 184 valence electrons. The fraction of sp³-hybridized carbons (Fsp3) is 0.208. The normalized spacial score (nSPS) is 13.4. The molecule has 0 aliphatic carbocycles. The predicted molar refractivity (Wildman–Crippen MR) is 127 cm³/mol. The summed E-state index contributed by atoms with van der Waals surface area (Å²) < 4.78 is 41.0. The Labute approximate surface area is 213 Å². The zero-order chi connectivity index (χ0) is 25.7. The summed E-state index contributed by atoms with van der Waals surface area (Å²) in [4.78, 5) is 21.2. The minimum Gasteiger partial charge on any atom is -0.420 e. The molecule has 2 atom stereocenters. The Kier molecular flexibility index (Phi) is 7.57. The van der Waals surface area contributed by atoms with Crippen LogP contribution in [0.3, 0.4) is 0 Å². The Bertz CT molecular complexity index is 1390. The molecule has 2 heterocycles. The lowest BCUT2D eigenvalue weighted by atomic mass is 9.81. The summed E-state index contributed by atoms with van der Waals surface area (Å²) in [7, 11) is 0. The van der Waals surface area contributed by atoms with Gasteiger partial charge in [-0.3, -0.25) is 0 Å². The maximum absolute atomic E-state index is 15.2. The average molecular weight is 530 g/mol. The Morgan fingerprint density at radius 3 is 2.69 bits per heavy atom. The number of benzene rings is 2. The summed E-state index contributed by atoms with van der Waals surface area (Å²) >= 11 is 6.82. The summed E-state index contributed by atoms with van der Waals surface area (Å²) in [6.45, 7) is 1.52. The number of aromatic nitrogens is 4. The molecule has 4 aromatic rings. The van der Waals surface area contributed by atoms with Crippen LogP contribution in [-0.4, -0.2) is 32.0 Å². The molecular weight excluding hydrogens is 512 g/mol. The molecule has 0 amide bonds. The number of ether oxygens (including phenoxy) is 2. The van der Waals surface area contributed by atoms with E-state index in [2.05, 4.69) is 16.2 Å². The monoisotopic (exact) mass is 529 g/mol. The first-order valence-electron chi connectivity index (χ1n) is 10.5. The highest BCUT2D eigenvalue weighted by atomic mass is 35.5. The van der Waals surface area contributed by atoms with Crippen molar-refractivity contribution in [2.24, 2.45) is 0 Å². The molecular formula is C24H18ClF2N5O3S. The molecule has 2 aromatic carbocycles. The molecule has 0 spiro atoms. The van der Waals surface area contributed by atoms with Crippen LogP contribution in [0.2, 0.25) is 0 Å². The highest BCUT2D eigenvalue weighted by molar-refractivity contribution is 7.10. The molecule has 0 saturated carbocycles. The maximum Gasteiger partial charge on any atom is 0.510 e. The van der Waals surface area contributed by atoms with E-state index < -0.39 is 35.4 Å². The zero-order valence-electron chi connectivity index (χ0n) is 18.8. The molecule has 12 heteroatoms. The molecule has 0 N–H and O–H groups in total. The van der Waals surface area contributed by atoms with Gasteiger partial charge in [0, 0.05) is 22.6 Å². The fourth-order valence-electron chi connectivity index (χ4n) is 3.78. The van der Waals surface area contributed by atoms with Gasteiger partial charge in [0.05, 0.1) is 29.8 Å². The van der Waals surface area contributed by atoms with Crippen molar-refractivity contribution >= 4 is 29.1 Å². The molecule has 0 aliphatic rings. The van der Waals surface area contributed by atoms with Crippen molar-refractivity contribution in [1.82, 2.24) is 19.7 Å². The van der Waals surface area contributed by atoms with Crippen molar-refractivity contribution in [2.75, 3.05) is 6.07 Å². The number of carbonyl (C=O) groups excluding carboxylic acids is 1. The Morgan fingerprint density at radius 1 is 1.28 bits per heavy atom. The van der Waals surface area contributed by atoms with Crippen molar-refractivity contribution in [2.45, 2.75) is 25.0 Å². The molecule has 36 heavy (non-hydrogen) atoms. The number of thiazole rings is 1. The molecule has 4 rings (SSSR count). The number of rotatable bonds is 8. The first kappa shape index (κ1) is 25.2. The molecule has 0 fully saturated rings. The maximum atomic E-state index is 15.2. The number of halogens is 3. The molecule has 8 nitrogen and oxygen atoms in total. The predicted octanol–water partition coefficient (Wildman–Crippen LogP) is 5.60. The molecule has 0 saturated heterocycles. The van der Waals surface area contributed by atoms with Crippen LogP contribution in [0.25, 0.3) is 11.3 Å². The van der Waals surface area contributed by atoms with E-state index in [0.717, 1.165) is 11.6 Å². The van der Waals surface area contributed by atoms with E-state index in [1.165, 1.54) is 34.7 Å². The summed E-state index contributed by atoms with van der Waals surface area (Å²) in [6, 6.07) is 11.4. The SMILES string of the molecule is C[C@@H](c1nc(-c2ccc(C#N)cc2)cs1)C(Cn1cncn1)(OC(=O)OCCl)c1ccc(F)cc1F. The molecule has 1 unspecified atom stereocenters. The van der Waals surface area contributed by atoms with Crippen LogP contribution in [-0.2, 0) is 21.6 Å². The summed E-state index contributed by atoms with van der Waals surface area (Å²) in [5.74, 6) is -2.48. The van der Waals surface area contributed by atoms with E-state index in [4.69, 9.17) is 31.3 Å². The standard InChI is InChI=1S/C24H18ClF2N5O3S/c1-15(22-31-21(10-36-22)17-4-2-16(9-28)3-5-17)24(35-23(33)34-12-25,11-32-14-29-13-30-32)19-7-6-18(26)8-20(19)27/h2-8,10,13-15H,11-12H2,1H3/t15-,24?/m0/s1. The minimum absolute atomic E-state index is 0.103. The van der Waals surface area contributed by atoms with Crippen molar-refractivity contribution in [1.29, 1.82) is 5.26 Å². The van der Waals surface area contributed by atoms with E-state index in [9.17, 15) is 9.18 Å². The van der Waals surface area contributed by atoms with Crippen LogP contribution < -0.4 is 0 Å². The highest BCUT2D eigenvalue weighted by Crippen LogP contribution is 2.44. The average Bonchev–Trinajstić information content (AvgIpc) is 3.56. The van der Waals surface area contributed by atoms with Crippen LogP contribution in [0.1, 0.15) is 29.0 Å². The van der Waals surface area contributed by atoms with Crippen LogP contribution in [0.15, 0.2) is 60.5 Å². The fourth-order valence-corrected chi connectivity index (χ4v) is 4.83. The third-order valence-electron chi connectivity index (χ3n) is 5.59. The van der Waals surface area contributed by atoms with E-state index in [1.807, 2.05) is 0 Å². The highest BCUT2D eigenvalue weighted by Gasteiger charge is 2.47. The van der Waals surface area contributed by atoms with Crippen LogP contribution >= 0.6 is 22.9 Å². The topological polar surface area (TPSA) is 103 Å². The number of hydrogen-bond donors (Lipinski definition) is 0. The Morgan fingerprint density at radius 2 is 2.06 bits per heavy atom. The van der Waals surface area contributed by atoms with Gasteiger partial charge in [-0.1, -0.05) is 30.7 Å². The molecule has 0 radical (unpaired) electrons. The van der Waals surface area contributed by atoms with Gasteiger partial charge in [-0.05, 0) is 24.3 Å². The molecule has 0 aliphatic heterocycles. The second-order valence-corrected chi connectivity index (χ2v) is 8.80.